The summed E-state index contributed by atoms with van der Waals surface area (Å²) in [4.78, 5) is 0. The lowest BCUT2D eigenvalue weighted by molar-refractivity contribution is 0.523. The first-order chi connectivity index (χ1) is 6.56. The van der Waals surface area contributed by atoms with Crippen LogP contribution in [0.5, 0.6) is 0 Å². The van der Waals surface area contributed by atoms with E-state index in [4.69, 9.17) is 11.6 Å². The molecule has 0 aliphatic carbocycles. The zero-order chi connectivity index (χ0) is 10.7. The average molecular weight is 284 g/mol. The van der Waals surface area contributed by atoms with Gasteiger partial charge in [0.25, 0.3) is 0 Å². The van der Waals surface area contributed by atoms with Crippen LogP contribution >= 0.6 is 27.5 Å². The fraction of sp³-hybridized carbons (Fsp3) is 0.400. The molecule has 0 fully saturated rings. The average Bonchev–Trinajstić information content (AvgIpc) is 2.18. The van der Waals surface area contributed by atoms with Crippen molar-refractivity contribution in [2.24, 2.45) is 5.92 Å². The summed E-state index contributed by atoms with van der Waals surface area (Å²) >= 11 is 8.61. The van der Waals surface area contributed by atoms with E-state index in [1.54, 1.807) is 0 Å². The maximum atomic E-state index is 13.4. The van der Waals surface area contributed by atoms with Crippen LogP contribution in [0.15, 0.2) is 16.6 Å². The zero-order valence-corrected chi connectivity index (χ0v) is 10.0. The van der Waals surface area contributed by atoms with E-state index < -0.39 is 11.6 Å². The van der Waals surface area contributed by atoms with Gasteiger partial charge in [-0.05, 0) is 40.4 Å². The van der Waals surface area contributed by atoms with Gasteiger partial charge in [-0.2, -0.15) is 0 Å². The van der Waals surface area contributed by atoms with Gasteiger partial charge in [0.15, 0.2) is 0 Å². The molecule has 1 atom stereocenters. The first-order valence-corrected chi connectivity index (χ1v) is 5.57. The number of rotatable bonds is 3. The molecule has 1 aromatic carbocycles. The van der Waals surface area contributed by atoms with Crippen molar-refractivity contribution in [1.82, 2.24) is 0 Å². The number of benzene rings is 1. The van der Waals surface area contributed by atoms with E-state index in [2.05, 4.69) is 15.9 Å². The highest BCUT2D eigenvalue weighted by Crippen LogP contribution is 2.24. The minimum absolute atomic E-state index is 0.0648. The van der Waals surface area contributed by atoms with E-state index in [-0.39, 0.29) is 16.0 Å². The first-order valence-electron chi connectivity index (χ1n) is 4.24. The van der Waals surface area contributed by atoms with Gasteiger partial charge in [-0.15, -0.1) is 11.6 Å². The van der Waals surface area contributed by atoms with Crippen molar-refractivity contribution >= 4 is 27.5 Å². The maximum Gasteiger partial charge on any atom is 0.143 e. The van der Waals surface area contributed by atoms with Gasteiger partial charge in [-0.1, -0.05) is 6.92 Å². The smallest absolute Gasteiger partial charge is 0.143 e. The first kappa shape index (κ1) is 11.9. The number of hydrogen-bond donors (Lipinski definition) is 0. The lowest BCUT2D eigenvalue weighted by atomic mass is 10.0. The monoisotopic (exact) mass is 282 g/mol. The molecule has 0 aromatic heterocycles. The molecule has 0 aliphatic rings. The van der Waals surface area contributed by atoms with Crippen LogP contribution in [0.4, 0.5) is 8.78 Å². The Labute approximate surface area is 95.4 Å². The molecule has 0 N–H and O–H groups in total. The molecule has 4 heteroatoms. The Kier molecular flexibility index (Phi) is 4.32. The van der Waals surface area contributed by atoms with E-state index in [1.165, 1.54) is 12.1 Å². The Hall–Kier alpha value is -0.150. The Balaban J connectivity index is 3.00. The summed E-state index contributed by atoms with van der Waals surface area (Å²) < 4.78 is 26.9. The van der Waals surface area contributed by atoms with Gasteiger partial charge < -0.3 is 0 Å². The highest BCUT2D eigenvalue weighted by atomic mass is 79.9. The SMILES string of the molecule is CC(CCl)Cc1c(F)ccc(Br)c1F. The topological polar surface area (TPSA) is 0 Å². The van der Waals surface area contributed by atoms with E-state index in [1.807, 2.05) is 6.92 Å². The summed E-state index contributed by atoms with van der Waals surface area (Å²) in [7, 11) is 0. The number of halogens is 4. The highest BCUT2D eigenvalue weighted by molar-refractivity contribution is 9.10. The summed E-state index contributed by atoms with van der Waals surface area (Å²) in [6.45, 7) is 1.85. The molecule has 0 bridgehead atoms. The van der Waals surface area contributed by atoms with Crippen molar-refractivity contribution in [3.63, 3.8) is 0 Å². The van der Waals surface area contributed by atoms with Crippen LogP contribution in [0.25, 0.3) is 0 Å². The second-order valence-corrected chi connectivity index (χ2v) is 4.45. The zero-order valence-electron chi connectivity index (χ0n) is 7.66. The largest absolute Gasteiger partial charge is 0.207 e. The summed E-state index contributed by atoms with van der Waals surface area (Å²) in [5.74, 6) is -0.578. The van der Waals surface area contributed by atoms with E-state index in [0.29, 0.717) is 12.3 Å². The molecule has 0 spiro atoms. The van der Waals surface area contributed by atoms with Crippen LogP contribution in [0.2, 0.25) is 0 Å². The van der Waals surface area contributed by atoms with Crippen molar-refractivity contribution in [3.8, 4) is 0 Å². The van der Waals surface area contributed by atoms with Crippen molar-refractivity contribution in [1.29, 1.82) is 0 Å². The van der Waals surface area contributed by atoms with Crippen LogP contribution in [-0.2, 0) is 6.42 Å². The molecule has 0 saturated carbocycles. The summed E-state index contributed by atoms with van der Waals surface area (Å²) in [6, 6.07) is 2.61. The quantitative estimate of drug-likeness (QED) is 0.577. The molecule has 0 saturated heterocycles. The Morgan fingerprint density at radius 1 is 1.43 bits per heavy atom. The van der Waals surface area contributed by atoms with Gasteiger partial charge in [-0.25, -0.2) is 8.78 Å². The predicted octanol–water partition coefficient (Wildman–Crippen LogP) is 4.14. The lowest BCUT2D eigenvalue weighted by Gasteiger charge is -2.10. The van der Waals surface area contributed by atoms with Gasteiger partial charge in [0, 0.05) is 11.4 Å². The fourth-order valence-corrected chi connectivity index (χ4v) is 1.64. The standard InChI is InChI=1S/C10H10BrClF2/c1-6(5-12)4-7-9(13)3-2-8(11)10(7)14/h2-3,6H,4-5H2,1H3. The molecule has 0 aliphatic heterocycles. The fourth-order valence-electron chi connectivity index (χ4n) is 1.16. The molecule has 1 aromatic rings. The summed E-state index contributed by atoms with van der Waals surface area (Å²) in [6.07, 6.45) is 0.320. The summed E-state index contributed by atoms with van der Waals surface area (Å²) in [5, 5.41) is 0. The van der Waals surface area contributed by atoms with Gasteiger partial charge in [-0.3, -0.25) is 0 Å². The lowest BCUT2D eigenvalue weighted by Crippen LogP contribution is -2.06. The molecule has 78 valence electrons. The van der Waals surface area contributed by atoms with Crippen molar-refractivity contribution in [2.75, 3.05) is 5.88 Å². The second-order valence-electron chi connectivity index (χ2n) is 3.29. The van der Waals surface area contributed by atoms with Crippen molar-refractivity contribution in [3.05, 3.63) is 33.8 Å². The van der Waals surface area contributed by atoms with E-state index >= 15 is 0 Å². The maximum absolute atomic E-state index is 13.4. The molecule has 0 heterocycles. The molecule has 0 radical (unpaired) electrons. The Bertz CT molecular complexity index is 328. The van der Waals surface area contributed by atoms with Gasteiger partial charge in [0.05, 0.1) is 4.47 Å². The van der Waals surface area contributed by atoms with Crippen molar-refractivity contribution in [2.45, 2.75) is 13.3 Å². The third-order valence-corrected chi connectivity index (χ3v) is 3.09. The Morgan fingerprint density at radius 2 is 2.07 bits per heavy atom. The minimum Gasteiger partial charge on any atom is -0.207 e. The van der Waals surface area contributed by atoms with Gasteiger partial charge in [0.2, 0.25) is 0 Å². The van der Waals surface area contributed by atoms with E-state index in [9.17, 15) is 8.78 Å². The molecular weight excluding hydrogens is 273 g/mol. The summed E-state index contributed by atoms with van der Waals surface area (Å²) in [5.41, 5.74) is 0.104. The predicted molar refractivity (Wildman–Crippen MR) is 57.6 cm³/mol. The van der Waals surface area contributed by atoms with Crippen LogP contribution in [-0.4, -0.2) is 5.88 Å². The minimum atomic E-state index is -0.526. The van der Waals surface area contributed by atoms with Crippen molar-refractivity contribution < 1.29 is 8.78 Å². The van der Waals surface area contributed by atoms with Crippen LogP contribution in [0.3, 0.4) is 0 Å². The third-order valence-electron chi connectivity index (χ3n) is 1.95. The van der Waals surface area contributed by atoms with E-state index in [0.717, 1.165) is 0 Å². The molecular formula is C10H10BrClF2. The normalized spacial score (nSPS) is 12.9. The van der Waals surface area contributed by atoms with Crippen LogP contribution < -0.4 is 0 Å². The molecule has 1 unspecified atom stereocenters. The molecule has 0 amide bonds. The Morgan fingerprint density at radius 3 is 2.64 bits per heavy atom. The molecule has 14 heavy (non-hydrogen) atoms. The van der Waals surface area contributed by atoms with Crippen LogP contribution in [0.1, 0.15) is 12.5 Å². The second kappa shape index (κ2) is 5.08. The highest BCUT2D eigenvalue weighted by Gasteiger charge is 2.14. The molecule has 0 nitrogen and oxygen atoms in total. The molecule has 1 rings (SSSR count). The number of alkyl halides is 1. The van der Waals surface area contributed by atoms with Gasteiger partial charge >= 0.3 is 0 Å². The third kappa shape index (κ3) is 2.67. The van der Waals surface area contributed by atoms with Crippen LogP contribution in [0, 0.1) is 17.6 Å². The van der Waals surface area contributed by atoms with Gasteiger partial charge in [0.1, 0.15) is 11.6 Å². The number of hydrogen-bond acceptors (Lipinski definition) is 0.